The lowest BCUT2D eigenvalue weighted by atomic mass is 9.90. The summed E-state index contributed by atoms with van der Waals surface area (Å²) in [5.74, 6) is 0.106. The number of nitrogens with one attached hydrogen (secondary N) is 2. The molecule has 0 radical (unpaired) electrons. The van der Waals surface area contributed by atoms with Crippen molar-refractivity contribution in [2.75, 3.05) is 18.4 Å². The first kappa shape index (κ1) is 19.1. The molecule has 0 bridgehead atoms. The maximum Gasteiger partial charge on any atom is 0.229 e. The zero-order valence-electron chi connectivity index (χ0n) is 15.1. The molecule has 2 aromatic heterocycles. The van der Waals surface area contributed by atoms with Gasteiger partial charge in [0.05, 0.1) is 18.7 Å². The molecular formula is C19H23ClN6O. The number of aryl methyl sites for hydroxylation is 1. The molecule has 1 fully saturated rings. The predicted octanol–water partition coefficient (Wildman–Crippen LogP) is 2.03. The monoisotopic (exact) mass is 386 g/mol. The molecule has 142 valence electrons. The zero-order valence-corrected chi connectivity index (χ0v) is 15.9. The fourth-order valence-corrected chi connectivity index (χ4v) is 3.45. The van der Waals surface area contributed by atoms with Gasteiger partial charge < -0.3 is 10.6 Å². The van der Waals surface area contributed by atoms with Crippen molar-refractivity contribution in [1.82, 2.24) is 24.9 Å². The smallest absolute Gasteiger partial charge is 0.229 e. The fraction of sp³-hybridized carbons (Fsp3) is 0.316. The molecule has 3 aromatic rings. The molecule has 3 heterocycles. The predicted molar refractivity (Wildman–Crippen MR) is 106 cm³/mol. The molecule has 0 spiro atoms. The molecule has 1 amide bonds. The molecule has 1 saturated heterocycles. The van der Waals surface area contributed by atoms with E-state index >= 15 is 0 Å². The Hall–Kier alpha value is -2.64. The second-order valence-corrected chi connectivity index (χ2v) is 6.71. The van der Waals surface area contributed by atoms with Crippen molar-refractivity contribution < 1.29 is 4.79 Å². The molecule has 2 N–H and O–H groups in total. The lowest BCUT2D eigenvalue weighted by molar-refractivity contribution is -0.119. The number of nitrogens with zero attached hydrogens (tertiary/aromatic N) is 4. The van der Waals surface area contributed by atoms with Gasteiger partial charge in [-0.15, -0.1) is 12.4 Å². The number of hydrogen-bond donors (Lipinski definition) is 2. The number of hydrogen-bond acceptors (Lipinski definition) is 4. The Labute approximate surface area is 164 Å². The first-order valence-electron chi connectivity index (χ1n) is 8.75. The maximum atomic E-state index is 12.8. The number of carbonyl (C=O) groups excluding carboxylic acids is 1. The number of rotatable bonds is 5. The Kier molecular flexibility index (Phi) is 5.93. The Morgan fingerprint density at radius 1 is 1.26 bits per heavy atom. The van der Waals surface area contributed by atoms with Gasteiger partial charge in [0.25, 0.3) is 0 Å². The highest BCUT2D eigenvalue weighted by Gasteiger charge is 2.34. The number of amides is 1. The minimum absolute atomic E-state index is 0. The topological polar surface area (TPSA) is 76.8 Å². The lowest BCUT2D eigenvalue weighted by Gasteiger charge is -2.17. The van der Waals surface area contributed by atoms with Gasteiger partial charge in [0.2, 0.25) is 5.91 Å². The van der Waals surface area contributed by atoms with Crippen LogP contribution in [0, 0.1) is 5.92 Å². The van der Waals surface area contributed by atoms with Crippen molar-refractivity contribution in [3.05, 3.63) is 66.2 Å². The van der Waals surface area contributed by atoms with E-state index in [4.69, 9.17) is 0 Å². The average Bonchev–Trinajstić information content (AvgIpc) is 3.37. The van der Waals surface area contributed by atoms with Crippen molar-refractivity contribution in [3.8, 4) is 0 Å². The molecule has 0 saturated carbocycles. The highest BCUT2D eigenvalue weighted by atomic mass is 35.5. The molecule has 1 aromatic carbocycles. The third-order valence-electron chi connectivity index (χ3n) is 4.83. The summed E-state index contributed by atoms with van der Waals surface area (Å²) in [5, 5.41) is 14.8. The van der Waals surface area contributed by atoms with Gasteiger partial charge in [-0.1, -0.05) is 12.1 Å². The third-order valence-corrected chi connectivity index (χ3v) is 4.83. The summed E-state index contributed by atoms with van der Waals surface area (Å²) in [7, 11) is 1.89. The molecule has 7 nitrogen and oxygen atoms in total. The van der Waals surface area contributed by atoms with Crippen LogP contribution in [0.5, 0.6) is 0 Å². The van der Waals surface area contributed by atoms with Crippen molar-refractivity contribution >= 4 is 24.0 Å². The summed E-state index contributed by atoms with van der Waals surface area (Å²) in [6.45, 7) is 2.20. The molecule has 27 heavy (non-hydrogen) atoms. The summed E-state index contributed by atoms with van der Waals surface area (Å²) < 4.78 is 3.65. The molecule has 1 aliphatic rings. The second kappa shape index (κ2) is 8.37. The molecule has 8 heteroatoms. The van der Waals surface area contributed by atoms with E-state index in [-0.39, 0.29) is 30.2 Å². The van der Waals surface area contributed by atoms with Crippen LogP contribution in [0.15, 0.2) is 55.1 Å². The van der Waals surface area contributed by atoms with Crippen LogP contribution in [0.1, 0.15) is 17.0 Å². The number of carbonyl (C=O) groups is 1. The Bertz CT molecular complexity index is 874. The summed E-state index contributed by atoms with van der Waals surface area (Å²) in [6.07, 6.45) is 7.54. The van der Waals surface area contributed by atoms with Crippen LogP contribution in [0.4, 0.5) is 5.69 Å². The first-order chi connectivity index (χ1) is 12.7. The van der Waals surface area contributed by atoms with Gasteiger partial charge in [0, 0.05) is 50.3 Å². The average molecular weight is 387 g/mol. The Morgan fingerprint density at radius 2 is 2.07 bits per heavy atom. The quantitative estimate of drug-likeness (QED) is 0.703. The van der Waals surface area contributed by atoms with Crippen LogP contribution in [-0.2, 0) is 18.4 Å². The largest absolute Gasteiger partial charge is 0.326 e. The van der Waals surface area contributed by atoms with E-state index in [1.54, 1.807) is 10.9 Å². The van der Waals surface area contributed by atoms with Crippen molar-refractivity contribution in [1.29, 1.82) is 0 Å². The van der Waals surface area contributed by atoms with Gasteiger partial charge in [-0.25, -0.2) is 0 Å². The summed E-state index contributed by atoms with van der Waals surface area (Å²) in [6, 6.07) is 9.82. The molecule has 4 rings (SSSR count). The van der Waals surface area contributed by atoms with Crippen LogP contribution in [0.2, 0.25) is 0 Å². The number of aromatic nitrogens is 4. The van der Waals surface area contributed by atoms with E-state index < -0.39 is 0 Å². The molecule has 0 aliphatic carbocycles. The van der Waals surface area contributed by atoms with Crippen molar-refractivity contribution in [3.63, 3.8) is 0 Å². The minimum Gasteiger partial charge on any atom is -0.326 e. The SMILES string of the molecule is Cl.Cn1cc([C@H]2CNC[C@@H]2C(=O)Nc2ccc(Cn3cccn3)cc2)cn1. The van der Waals surface area contributed by atoms with E-state index in [1.165, 1.54) is 0 Å². The summed E-state index contributed by atoms with van der Waals surface area (Å²) in [4.78, 5) is 12.8. The lowest BCUT2D eigenvalue weighted by Crippen LogP contribution is -2.28. The van der Waals surface area contributed by atoms with Crippen molar-refractivity contribution in [2.45, 2.75) is 12.5 Å². The van der Waals surface area contributed by atoms with E-state index in [1.807, 2.05) is 60.7 Å². The Balaban J connectivity index is 0.00000210. The van der Waals surface area contributed by atoms with E-state index in [0.717, 1.165) is 29.9 Å². The number of anilines is 1. The first-order valence-corrected chi connectivity index (χ1v) is 8.75. The van der Waals surface area contributed by atoms with Crippen LogP contribution in [0.25, 0.3) is 0 Å². The fourth-order valence-electron chi connectivity index (χ4n) is 3.45. The van der Waals surface area contributed by atoms with Gasteiger partial charge >= 0.3 is 0 Å². The standard InChI is InChI=1S/C19H22N6O.ClH/c1-24-13-15(9-22-24)17-10-20-11-18(17)19(26)23-16-5-3-14(4-6-16)12-25-8-2-7-21-25;/h2-9,13,17-18,20H,10-12H2,1H3,(H,23,26);1H/t17-,18+;/m1./s1. The minimum atomic E-state index is -0.0945. The Morgan fingerprint density at radius 3 is 2.74 bits per heavy atom. The van der Waals surface area contributed by atoms with Gasteiger partial charge in [-0.2, -0.15) is 10.2 Å². The third kappa shape index (κ3) is 4.37. The zero-order chi connectivity index (χ0) is 17.9. The van der Waals surface area contributed by atoms with Crippen LogP contribution >= 0.6 is 12.4 Å². The number of halogens is 1. The second-order valence-electron chi connectivity index (χ2n) is 6.71. The van der Waals surface area contributed by atoms with Crippen LogP contribution < -0.4 is 10.6 Å². The van der Waals surface area contributed by atoms with Gasteiger partial charge in [-0.05, 0) is 29.3 Å². The van der Waals surface area contributed by atoms with E-state index in [2.05, 4.69) is 20.8 Å². The normalized spacial score (nSPS) is 18.9. The maximum absolute atomic E-state index is 12.8. The summed E-state index contributed by atoms with van der Waals surface area (Å²) in [5.41, 5.74) is 3.06. The number of benzene rings is 1. The molecular weight excluding hydrogens is 364 g/mol. The molecule has 0 unspecified atom stereocenters. The van der Waals surface area contributed by atoms with Crippen molar-refractivity contribution in [2.24, 2.45) is 13.0 Å². The van der Waals surface area contributed by atoms with Gasteiger partial charge in [0.1, 0.15) is 0 Å². The van der Waals surface area contributed by atoms with Crippen LogP contribution in [0.3, 0.4) is 0 Å². The molecule has 1 aliphatic heterocycles. The summed E-state index contributed by atoms with van der Waals surface area (Å²) >= 11 is 0. The van der Waals surface area contributed by atoms with Gasteiger partial charge in [0.15, 0.2) is 0 Å². The highest BCUT2D eigenvalue weighted by molar-refractivity contribution is 5.93. The molecule has 2 atom stereocenters. The van der Waals surface area contributed by atoms with E-state index in [9.17, 15) is 4.79 Å². The van der Waals surface area contributed by atoms with Crippen LogP contribution in [-0.4, -0.2) is 38.6 Å². The van der Waals surface area contributed by atoms with Gasteiger partial charge in [-0.3, -0.25) is 14.2 Å². The highest BCUT2D eigenvalue weighted by Crippen LogP contribution is 2.28. The van der Waals surface area contributed by atoms with E-state index in [0.29, 0.717) is 6.54 Å².